The minimum atomic E-state index is 0.620. The van der Waals surface area contributed by atoms with Crippen LogP contribution in [0.2, 0.25) is 0 Å². The molecule has 0 aliphatic heterocycles. The number of nitrogens with zero attached hydrogens (tertiary/aromatic N) is 2. The Labute approximate surface area is 90.1 Å². The SMILES string of the molecule is CCC(CCN)Sc1cc(C)nn1C. The summed E-state index contributed by atoms with van der Waals surface area (Å²) in [5, 5.41) is 6.18. The predicted octanol–water partition coefficient (Wildman–Crippen LogP) is 1.95. The van der Waals surface area contributed by atoms with Gasteiger partial charge in [-0.15, -0.1) is 11.8 Å². The van der Waals surface area contributed by atoms with Crippen LogP contribution in [0.25, 0.3) is 0 Å². The Morgan fingerprint density at radius 1 is 1.64 bits per heavy atom. The van der Waals surface area contributed by atoms with Gasteiger partial charge in [0.25, 0.3) is 0 Å². The number of hydrogen-bond donors (Lipinski definition) is 1. The van der Waals surface area contributed by atoms with Gasteiger partial charge in [-0.25, -0.2) is 0 Å². The Hall–Kier alpha value is -0.480. The lowest BCUT2D eigenvalue weighted by Crippen LogP contribution is -2.10. The molecule has 0 fully saturated rings. The fourth-order valence-electron chi connectivity index (χ4n) is 1.40. The quantitative estimate of drug-likeness (QED) is 0.760. The van der Waals surface area contributed by atoms with E-state index >= 15 is 0 Å². The van der Waals surface area contributed by atoms with E-state index in [2.05, 4.69) is 18.1 Å². The molecule has 0 aliphatic rings. The summed E-state index contributed by atoms with van der Waals surface area (Å²) in [5.74, 6) is 0. The zero-order chi connectivity index (χ0) is 10.6. The van der Waals surface area contributed by atoms with Crippen LogP contribution >= 0.6 is 11.8 Å². The zero-order valence-electron chi connectivity index (χ0n) is 9.16. The second-order valence-corrected chi connectivity index (χ2v) is 4.79. The summed E-state index contributed by atoms with van der Waals surface area (Å²) in [6, 6.07) is 2.13. The first-order valence-electron chi connectivity index (χ1n) is 5.04. The lowest BCUT2D eigenvalue weighted by Gasteiger charge is -2.12. The van der Waals surface area contributed by atoms with Gasteiger partial charge in [-0.2, -0.15) is 5.10 Å². The topological polar surface area (TPSA) is 43.8 Å². The number of hydrogen-bond acceptors (Lipinski definition) is 3. The largest absolute Gasteiger partial charge is 0.330 e. The van der Waals surface area contributed by atoms with Crippen molar-refractivity contribution in [1.29, 1.82) is 0 Å². The van der Waals surface area contributed by atoms with Gasteiger partial charge in [-0.3, -0.25) is 4.68 Å². The summed E-state index contributed by atoms with van der Waals surface area (Å²) < 4.78 is 1.94. The molecule has 0 aromatic carbocycles. The fourth-order valence-corrected chi connectivity index (χ4v) is 2.59. The molecule has 2 N–H and O–H groups in total. The van der Waals surface area contributed by atoms with E-state index in [0.717, 1.165) is 25.1 Å². The van der Waals surface area contributed by atoms with Gasteiger partial charge in [0, 0.05) is 12.3 Å². The molecule has 0 saturated carbocycles. The first-order valence-corrected chi connectivity index (χ1v) is 5.92. The van der Waals surface area contributed by atoms with Crippen molar-refractivity contribution in [3.8, 4) is 0 Å². The molecule has 0 amide bonds. The summed E-state index contributed by atoms with van der Waals surface area (Å²) in [6.07, 6.45) is 2.23. The Morgan fingerprint density at radius 3 is 2.79 bits per heavy atom. The molecule has 80 valence electrons. The van der Waals surface area contributed by atoms with Crippen LogP contribution in [-0.4, -0.2) is 21.6 Å². The maximum Gasteiger partial charge on any atom is 0.0942 e. The summed E-state index contributed by atoms with van der Waals surface area (Å²) in [7, 11) is 1.99. The van der Waals surface area contributed by atoms with E-state index in [1.54, 1.807) is 0 Å². The number of rotatable bonds is 5. The normalized spacial score (nSPS) is 13.1. The van der Waals surface area contributed by atoms with Crippen LogP contribution in [-0.2, 0) is 7.05 Å². The molecular formula is C10H19N3S. The molecule has 3 nitrogen and oxygen atoms in total. The highest BCUT2D eigenvalue weighted by Gasteiger charge is 2.10. The lowest BCUT2D eigenvalue weighted by atomic mass is 10.2. The average molecular weight is 213 g/mol. The van der Waals surface area contributed by atoms with Gasteiger partial charge < -0.3 is 5.73 Å². The van der Waals surface area contributed by atoms with Crippen LogP contribution in [0.15, 0.2) is 11.1 Å². The van der Waals surface area contributed by atoms with Gasteiger partial charge in [0.2, 0.25) is 0 Å². The van der Waals surface area contributed by atoms with E-state index in [9.17, 15) is 0 Å². The van der Waals surface area contributed by atoms with E-state index in [0.29, 0.717) is 5.25 Å². The minimum absolute atomic E-state index is 0.620. The Morgan fingerprint density at radius 2 is 2.36 bits per heavy atom. The van der Waals surface area contributed by atoms with Crippen LogP contribution in [0.1, 0.15) is 25.5 Å². The molecule has 1 aromatic rings. The molecule has 0 aliphatic carbocycles. The smallest absolute Gasteiger partial charge is 0.0942 e. The van der Waals surface area contributed by atoms with Crippen LogP contribution in [0.4, 0.5) is 0 Å². The van der Waals surface area contributed by atoms with Crippen molar-refractivity contribution in [3.63, 3.8) is 0 Å². The third-order valence-electron chi connectivity index (χ3n) is 2.19. The number of aryl methyl sites for hydroxylation is 2. The molecular weight excluding hydrogens is 194 g/mol. The monoisotopic (exact) mass is 213 g/mol. The molecule has 14 heavy (non-hydrogen) atoms. The lowest BCUT2D eigenvalue weighted by molar-refractivity contribution is 0.683. The van der Waals surface area contributed by atoms with Gasteiger partial charge in [0.15, 0.2) is 0 Å². The molecule has 0 bridgehead atoms. The molecule has 0 saturated heterocycles. The van der Waals surface area contributed by atoms with Crippen molar-refractivity contribution in [2.75, 3.05) is 6.54 Å². The third-order valence-corrected chi connectivity index (χ3v) is 3.72. The Bertz CT molecular complexity index is 283. The van der Waals surface area contributed by atoms with E-state index in [1.165, 1.54) is 5.03 Å². The average Bonchev–Trinajstić information content (AvgIpc) is 2.44. The van der Waals surface area contributed by atoms with Crippen LogP contribution in [0.3, 0.4) is 0 Å². The maximum absolute atomic E-state index is 5.57. The molecule has 0 spiro atoms. The first-order chi connectivity index (χ1) is 6.67. The number of aromatic nitrogens is 2. The predicted molar refractivity (Wildman–Crippen MR) is 61.6 cm³/mol. The zero-order valence-corrected chi connectivity index (χ0v) is 9.97. The van der Waals surface area contributed by atoms with E-state index in [-0.39, 0.29) is 0 Å². The molecule has 1 rings (SSSR count). The standard InChI is InChI=1S/C10H19N3S/c1-4-9(5-6-11)14-10-7-8(2)12-13(10)3/h7,9H,4-6,11H2,1-3H3. The van der Waals surface area contributed by atoms with Gasteiger partial charge in [0.05, 0.1) is 10.7 Å². The Balaban J connectivity index is 2.61. The van der Waals surface area contributed by atoms with Gasteiger partial charge in [0.1, 0.15) is 0 Å². The second-order valence-electron chi connectivity index (χ2n) is 3.47. The third kappa shape index (κ3) is 3.03. The molecule has 1 heterocycles. The second kappa shape index (κ2) is 5.41. The number of thioether (sulfide) groups is 1. The molecule has 0 radical (unpaired) electrons. The fraction of sp³-hybridized carbons (Fsp3) is 0.700. The van der Waals surface area contributed by atoms with Gasteiger partial charge >= 0.3 is 0 Å². The van der Waals surface area contributed by atoms with Crippen molar-refractivity contribution in [2.45, 2.75) is 37.0 Å². The highest BCUT2D eigenvalue weighted by Crippen LogP contribution is 2.27. The van der Waals surface area contributed by atoms with Crippen LogP contribution in [0, 0.1) is 6.92 Å². The molecule has 4 heteroatoms. The first kappa shape index (κ1) is 11.6. The summed E-state index contributed by atoms with van der Waals surface area (Å²) in [5.41, 5.74) is 6.65. The van der Waals surface area contributed by atoms with Crippen LogP contribution in [0.5, 0.6) is 0 Å². The van der Waals surface area contributed by atoms with E-state index in [1.807, 2.05) is 30.4 Å². The van der Waals surface area contributed by atoms with Crippen molar-refractivity contribution < 1.29 is 0 Å². The Kier molecular flexibility index (Phi) is 4.48. The van der Waals surface area contributed by atoms with Crippen molar-refractivity contribution in [2.24, 2.45) is 12.8 Å². The van der Waals surface area contributed by atoms with Crippen LogP contribution < -0.4 is 5.73 Å². The van der Waals surface area contributed by atoms with Gasteiger partial charge in [-0.05, 0) is 32.4 Å². The molecule has 1 aromatic heterocycles. The molecule has 1 unspecified atom stereocenters. The highest BCUT2D eigenvalue weighted by molar-refractivity contribution is 7.99. The number of nitrogens with two attached hydrogens (primary N) is 1. The summed E-state index contributed by atoms with van der Waals surface area (Å²) >= 11 is 1.88. The summed E-state index contributed by atoms with van der Waals surface area (Å²) in [6.45, 7) is 4.99. The maximum atomic E-state index is 5.57. The van der Waals surface area contributed by atoms with Gasteiger partial charge in [-0.1, -0.05) is 6.92 Å². The van der Waals surface area contributed by atoms with Crippen molar-refractivity contribution in [1.82, 2.24) is 9.78 Å². The van der Waals surface area contributed by atoms with E-state index < -0.39 is 0 Å². The van der Waals surface area contributed by atoms with Crippen molar-refractivity contribution in [3.05, 3.63) is 11.8 Å². The summed E-state index contributed by atoms with van der Waals surface area (Å²) in [4.78, 5) is 0. The highest BCUT2D eigenvalue weighted by atomic mass is 32.2. The van der Waals surface area contributed by atoms with Crippen molar-refractivity contribution >= 4 is 11.8 Å². The minimum Gasteiger partial charge on any atom is -0.330 e. The van der Waals surface area contributed by atoms with E-state index in [4.69, 9.17) is 5.73 Å². The molecule has 1 atom stereocenters.